The van der Waals surface area contributed by atoms with E-state index in [4.69, 9.17) is 4.74 Å². The molecule has 3 N–H and O–H groups in total. The number of hydrogen-bond donors (Lipinski definition) is 3. The molecule has 0 amide bonds. The summed E-state index contributed by atoms with van der Waals surface area (Å²) in [6.45, 7) is 0.604. The van der Waals surface area contributed by atoms with Crippen molar-refractivity contribution in [3.8, 4) is 5.75 Å². The number of H-pyrrole nitrogens is 1. The number of fused-ring (bicyclic) bond motifs is 1. The van der Waals surface area contributed by atoms with Crippen molar-refractivity contribution in [1.82, 2.24) is 15.6 Å². The van der Waals surface area contributed by atoms with Crippen LogP contribution in [0.1, 0.15) is 40.7 Å². The van der Waals surface area contributed by atoms with Crippen LogP contribution < -0.4 is 20.2 Å². The second kappa shape index (κ2) is 13.6. The van der Waals surface area contributed by atoms with Crippen LogP contribution in [0.25, 0.3) is 10.2 Å². The lowest BCUT2D eigenvalue weighted by Crippen LogP contribution is -2.32. The number of aromatic amines is 1. The van der Waals surface area contributed by atoms with Crippen LogP contribution in [0.2, 0.25) is 0 Å². The van der Waals surface area contributed by atoms with Crippen molar-refractivity contribution < 1.29 is 45.4 Å². The molecule has 244 valence electrons. The first-order valence-corrected chi connectivity index (χ1v) is 14.9. The maximum Gasteiger partial charge on any atom is 0.491 e. The third kappa shape index (κ3) is 8.33. The van der Waals surface area contributed by atoms with Gasteiger partial charge < -0.3 is 25.1 Å². The zero-order valence-corrected chi connectivity index (χ0v) is 24.7. The maximum absolute atomic E-state index is 13.1. The van der Waals surface area contributed by atoms with E-state index in [1.807, 2.05) is 42.5 Å². The molecule has 4 aromatic rings. The first kappa shape index (κ1) is 33.2. The van der Waals surface area contributed by atoms with Crippen LogP contribution in [0.15, 0.2) is 71.5 Å². The number of thiazole rings is 1. The van der Waals surface area contributed by atoms with E-state index >= 15 is 0 Å². The smallest absolute Gasteiger partial charge is 0.449 e. The van der Waals surface area contributed by atoms with E-state index in [0.717, 1.165) is 29.7 Å². The second-order valence-corrected chi connectivity index (χ2v) is 11.6. The highest BCUT2D eigenvalue weighted by Crippen LogP contribution is 2.41. The third-order valence-corrected chi connectivity index (χ3v) is 8.26. The highest BCUT2D eigenvalue weighted by Gasteiger charge is 2.44. The van der Waals surface area contributed by atoms with E-state index in [9.17, 15) is 40.7 Å². The molecule has 1 aliphatic carbocycles. The quantitative estimate of drug-likeness (QED) is 0.0772. The number of hydrogen-bond acceptors (Lipinski definition) is 8. The Balaban J connectivity index is 1.23. The zero-order chi connectivity index (χ0) is 33.1. The molecule has 1 saturated carbocycles. The summed E-state index contributed by atoms with van der Waals surface area (Å²) in [6.07, 6.45) is -10.7. The van der Waals surface area contributed by atoms with Gasteiger partial charge in [-0.2, -0.15) is 26.3 Å². The van der Waals surface area contributed by atoms with E-state index in [2.05, 4.69) is 32.5 Å². The summed E-state index contributed by atoms with van der Waals surface area (Å²) in [4.78, 5) is 36.7. The van der Waals surface area contributed by atoms with Crippen LogP contribution in [0.4, 0.5) is 26.3 Å². The molecule has 3 aromatic carbocycles. The topological polar surface area (TPSA) is 110 Å². The van der Waals surface area contributed by atoms with Gasteiger partial charge in [-0.05, 0) is 48.2 Å². The predicted octanol–water partition coefficient (Wildman–Crippen LogP) is 5.68. The van der Waals surface area contributed by atoms with E-state index in [0.29, 0.717) is 36.3 Å². The van der Waals surface area contributed by atoms with Gasteiger partial charge in [-0.3, -0.25) is 4.79 Å². The first-order chi connectivity index (χ1) is 21.8. The van der Waals surface area contributed by atoms with Gasteiger partial charge in [0.2, 0.25) is 0 Å². The molecule has 5 rings (SSSR count). The molecular weight excluding hydrogens is 640 g/mol. The van der Waals surface area contributed by atoms with Gasteiger partial charge in [0.05, 0.1) is 4.70 Å². The van der Waals surface area contributed by atoms with Crippen LogP contribution in [0.3, 0.4) is 0 Å². The van der Waals surface area contributed by atoms with Gasteiger partial charge in [0, 0.05) is 30.6 Å². The number of esters is 2. The summed E-state index contributed by atoms with van der Waals surface area (Å²) >= 11 is 0.448. The SMILES string of the molecule is O=C(Oc1ccc([C@H](CNCCc2cccc(CN[C@H]3C[C@@H]3c3ccccc3)c2)OC(=O)C(F)(F)F)c2sc(=O)[nH]c12)C(F)(F)F. The maximum atomic E-state index is 13.1. The van der Waals surface area contributed by atoms with Crippen molar-refractivity contribution in [3.05, 3.63) is 98.7 Å². The summed E-state index contributed by atoms with van der Waals surface area (Å²) < 4.78 is 86.5. The van der Waals surface area contributed by atoms with Gasteiger partial charge in [-0.15, -0.1) is 0 Å². The molecule has 1 heterocycles. The number of benzene rings is 3. The summed E-state index contributed by atoms with van der Waals surface area (Å²) in [5.41, 5.74) is 2.85. The molecule has 0 unspecified atom stereocenters. The van der Waals surface area contributed by atoms with Crippen LogP contribution in [0, 0.1) is 0 Å². The largest absolute Gasteiger partial charge is 0.491 e. The van der Waals surface area contributed by atoms with E-state index in [1.54, 1.807) is 0 Å². The van der Waals surface area contributed by atoms with Crippen molar-refractivity contribution in [2.75, 3.05) is 13.1 Å². The summed E-state index contributed by atoms with van der Waals surface area (Å²) in [5, 5.41) is 6.51. The fourth-order valence-electron chi connectivity index (χ4n) is 5.04. The van der Waals surface area contributed by atoms with Crippen LogP contribution in [0.5, 0.6) is 5.75 Å². The molecule has 15 heteroatoms. The Kier molecular flexibility index (Phi) is 9.84. The number of ether oxygens (including phenoxy) is 2. The molecule has 1 aromatic heterocycles. The monoisotopic (exact) mass is 667 g/mol. The van der Waals surface area contributed by atoms with Gasteiger partial charge in [-0.25, -0.2) is 9.59 Å². The van der Waals surface area contributed by atoms with E-state index in [-0.39, 0.29) is 28.9 Å². The van der Waals surface area contributed by atoms with Gasteiger partial charge in [-0.1, -0.05) is 65.9 Å². The molecular formula is C31H27F6N3O5S. The molecule has 0 radical (unpaired) electrons. The van der Waals surface area contributed by atoms with Gasteiger partial charge in [0.25, 0.3) is 0 Å². The predicted molar refractivity (Wildman–Crippen MR) is 156 cm³/mol. The van der Waals surface area contributed by atoms with Gasteiger partial charge in [0.1, 0.15) is 11.6 Å². The lowest BCUT2D eigenvalue weighted by molar-refractivity contribution is -0.205. The second-order valence-electron chi connectivity index (χ2n) is 10.7. The Morgan fingerprint density at radius 3 is 2.37 bits per heavy atom. The Bertz CT molecular complexity index is 1760. The highest BCUT2D eigenvalue weighted by atomic mass is 32.1. The van der Waals surface area contributed by atoms with Crippen molar-refractivity contribution in [2.24, 2.45) is 0 Å². The molecule has 0 aliphatic heterocycles. The minimum atomic E-state index is -5.34. The Labute approximate surface area is 261 Å². The number of rotatable bonds is 12. The Morgan fingerprint density at radius 2 is 1.65 bits per heavy atom. The average Bonchev–Trinajstić information content (AvgIpc) is 3.68. The standard InChI is InChI=1S/C31H27F6N3O5S/c32-30(33,34)27(41)44-23-10-9-20(26-25(23)40-29(43)46-26)24(45-28(42)31(35,36)37)16-38-12-11-17-5-4-6-18(13-17)15-39-22-14-21(22)19-7-2-1-3-8-19/h1-10,13,21-22,24,38-39H,11-12,14-16H2,(H,40,43)/t21-,22+,24+/m1/s1. The molecule has 0 saturated heterocycles. The molecule has 1 fully saturated rings. The van der Waals surface area contributed by atoms with Gasteiger partial charge >= 0.3 is 29.2 Å². The molecule has 8 nitrogen and oxygen atoms in total. The lowest BCUT2D eigenvalue weighted by Gasteiger charge is -2.21. The molecule has 0 bridgehead atoms. The number of carbonyl (C=O) groups is 2. The molecule has 46 heavy (non-hydrogen) atoms. The van der Waals surface area contributed by atoms with Crippen LogP contribution in [-0.2, 0) is 27.3 Å². The van der Waals surface area contributed by atoms with Crippen LogP contribution in [-0.4, -0.2) is 48.4 Å². The number of halogens is 6. The molecule has 3 atom stereocenters. The third-order valence-electron chi connectivity index (χ3n) is 7.33. The summed E-state index contributed by atoms with van der Waals surface area (Å²) in [7, 11) is 0. The average molecular weight is 668 g/mol. The van der Waals surface area contributed by atoms with Crippen molar-refractivity contribution in [1.29, 1.82) is 0 Å². The van der Waals surface area contributed by atoms with E-state index in [1.165, 1.54) is 5.56 Å². The Hall–Kier alpha value is -4.21. The number of carbonyl (C=O) groups excluding carboxylic acids is 2. The minimum Gasteiger partial charge on any atom is -0.449 e. The number of nitrogens with one attached hydrogen (secondary N) is 3. The normalized spacial score (nSPS) is 17.1. The van der Waals surface area contributed by atoms with Crippen molar-refractivity contribution >= 4 is 33.5 Å². The molecule has 1 aliphatic rings. The lowest BCUT2D eigenvalue weighted by atomic mass is 10.1. The van der Waals surface area contributed by atoms with Crippen molar-refractivity contribution in [3.63, 3.8) is 0 Å². The van der Waals surface area contributed by atoms with Crippen molar-refractivity contribution in [2.45, 2.75) is 49.8 Å². The van der Waals surface area contributed by atoms with Crippen LogP contribution >= 0.6 is 11.3 Å². The Morgan fingerprint density at radius 1 is 0.935 bits per heavy atom. The zero-order valence-electron chi connectivity index (χ0n) is 23.8. The molecule has 0 spiro atoms. The fraction of sp³-hybridized carbons (Fsp3) is 0.323. The van der Waals surface area contributed by atoms with E-state index < -0.39 is 41.0 Å². The summed E-state index contributed by atoms with van der Waals surface area (Å²) in [6, 6.07) is 20.4. The highest BCUT2D eigenvalue weighted by molar-refractivity contribution is 7.16. The number of alkyl halides is 6. The minimum absolute atomic E-state index is 0.0998. The first-order valence-electron chi connectivity index (χ1n) is 14.1. The summed E-state index contributed by atoms with van der Waals surface area (Å²) in [5.74, 6) is -5.24. The number of aromatic nitrogens is 1. The van der Waals surface area contributed by atoms with Gasteiger partial charge in [0.15, 0.2) is 5.75 Å². The fourth-order valence-corrected chi connectivity index (χ4v) is 5.95.